The molecule has 0 aromatic rings. The Kier molecular flexibility index (Phi) is 3.03. The van der Waals surface area contributed by atoms with Gasteiger partial charge in [0, 0.05) is 0 Å². The van der Waals surface area contributed by atoms with E-state index in [4.69, 9.17) is 0 Å². The summed E-state index contributed by atoms with van der Waals surface area (Å²) in [5.74, 6) is 0.0956. The van der Waals surface area contributed by atoms with Gasteiger partial charge in [-0.1, -0.05) is 17.3 Å². The van der Waals surface area contributed by atoms with Gasteiger partial charge in [-0.2, -0.15) is 14.0 Å². The van der Waals surface area contributed by atoms with Crippen molar-refractivity contribution in [3.05, 3.63) is 22.7 Å². The summed E-state index contributed by atoms with van der Waals surface area (Å²) in [5, 5.41) is 1.79. The maximum atomic E-state index is 10.1. The van der Waals surface area contributed by atoms with Crippen LogP contribution < -0.4 is 14.0 Å². The molecular formula is C6H7ClO4S. The van der Waals surface area contributed by atoms with Crippen molar-refractivity contribution in [2.45, 2.75) is 6.92 Å². The fraction of sp³-hybridized carbons (Fsp3) is 0.333. The lowest BCUT2D eigenvalue weighted by Gasteiger charge is -2.14. The zero-order valence-corrected chi connectivity index (χ0v) is 7.80. The Balaban J connectivity index is 2.54. The molecule has 1 aliphatic heterocycles. The van der Waals surface area contributed by atoms with Crippen molar-refractivity contribution in [1.29, 1.82) is 0 Å². The molecular weight excluding hydrogens is 204 g/mol. The van der Waals surface area contributed by atoms with Crippen LogP contribution in [-0.4, -0.2) is 0 Å². The van der Waals surface area contributed by atoms with Crippen LogP contribution in [0.2, 0.25) is 0 Å². The predicted octanol–water partition coefficient (Wildman–Crippen LogP) is -1.36. The second-order valence-electron chi connectivity index (χ2n) is 2.25. The summed E-state index contributed by atoms with van der Waals surface area (Å²) in [7, 11) is -4.36. The SMILES string of the molecule is CC1C=CSC(O[Cl+3]([O-])([O-])[O-])=C1. The number of hydrogen-bond acceptors (Lipinski definition) is 5. The Morgan fingerprint density at radius 1 is 1.50 bits per heavy atom. The van der Waals surface area contributed by atoms with Gasteiger partial charge in [-0.15, -0.1) is 0 Å². The number of hydrogen-bond donors (Lipinski definition) is 0. The molecule has 0 aliphatic carbocycles. The molecule has 4 nitrogen and oxygen atoms in total. The minimum Gasteiger partial charge on any atom is -0.167 e. The number of allylic oxidation sites excluding steroid dienone is 2. The molecule has 0 aromatic carbocycles. The van der Waals surface area contributed by atoms with Crippen molar-refractivity contribution in [2.24, 2.45) is 5.92 Å². The third-order valence-electron chi connectivity index (χ3n) is 1.14. The van der Waals surface area contributed by atoms with Gasteiger partial charge >= 0.3 is 5.09 Å². The Morgan fingerprint density at radius 2 is 2.17 bits per heavy atom. The van der Waals surface area contributed by atoms with Gasteiger partial charge in [-0.25, -0.2) is 0 Å². The van der Waals surface area contributed by atoms with Gasteiger partial charge in [0.15, 0.2) is 0 Å². The maximum absolute atomic E-state index is 10.1. The lowest BCUT2D eigenvalue weighted by Crippen LogP contribution is -2.60. The molecule has 1 aliphatic rings. The van der Waals surface area contributed by atoms with Crippen molar-refractivity contribution >= 4 is 11.8 Å². The van der Waals surface area contributed by atoms with Crippen LogP contribution in [0, 0.1) is 16.2 Å². The zero-order valence-electron chi connectivity index (χ0n) is 6.23. The average Bonchev–Trinajstić information content (AvgIpc) is 1.82. The van der Waals surface area contributed by atoms with Gasteiger partial charge in [0.25, 0.3) is 0 Å². The number of halogens is 1. The Morgan fingerprint density at radius 3 is 2.67 bits per heavy atom. The summed E-state index contributed by atoms with van der Waals surface area (Å²) in [6.45, 7) is 1.86. The van der Waals surface area contributed by atoms with Crippen LogP contribution in [0.15, 0.2) is 22.7 Å². The van der Waals surface area contributed by atoms with Gasteiger partial charge in [-0.3, -0.25) is 0 Å². The summed E-state index contributed by atoms with van der Waals surface area (Å²) in [5.41, 5.74) is 0. The first-order valence-corrected chi connectivity index (χ1v) is 5.24. The summed E-state index contributed by atoms with van der Waals surface area (Å²) in [6.07, 6.45) is 3.43. The van der Waals surface area contributed by atoms with E-state index >= 15 is 0 Å². The third kappa shape index (κ3) is 3.46. The molecule has 0 saturated carbocycles. The van der Waals surface area contributed by atoms with Crippen molar-refractivity contribution in [3.8, 4) is 0 Å². The van der Waals surface area contributed by atoms with Gasteiger partial charge in [-0.05, 0) is 29.2 Å². The highest BCUT2D eigenvalue weighted by molar-refractivity contribution is 8.05. The van der Waals surface area contributed by atoms with Crippen LogP contribution in [-0.2, 0) is 4.29 Å². The summed E-state index contributed by atoms with van der Waals surface area (Å²) in [6, 6.07) is 0. The van der Waals surface area contributed by atoms with E-state index in [1.54, 1.807) is 11.5 Å². The van der Waals surface area contributed by atoms with Gasteiger partial charge in [0.1, 0.15) is 10.2 Å². The van der Waals surface area contributed by atoms with Crippen molar-refractivity contribution < 1.29 is 28.5 Å². The molecule has 1 rings (SSSR count). The van der Waals surface area contributed by atoms with Crippen LogP contribution >= 0.6 is 11.8 Å². The number of thioether (sulfide) groups is 1. The zero-order chi connectivity index (χ0) is 9.19. The molecule has 1 heterocycles. The van der Waals surface area contributed by atoms with Crippen molar-refractivity contribution in [3.63, 3.8) is 0 Å². The minimum atomic E-state index is -4.36. The van der Waals surface area contributed by atoms with E-state index in [0.717, 1.165) is 11.8 Å². The first-order chi connectivity index (χ1) is 5.47. The molecule has 0 saturated heterocycles. The van der Waals surface area contributed by atoms with Crippen LogP contribution in [0.4, 0.5) is 0 Å². The molecule has 1 unspecified atom stereocenters. The van der Waals surface area contributed by atoms with E-state index in [-0.39, 0.29) is 11.0 Å². The third-order valence-corrected chi connectivity index (χ3v) is 2.33. The standard InChI is InChI=1S/C6H7ClO4S/c1-5-2-3-12-6(4-5)11-7(8,9)10/h2-5H,1H3. The molecule has 12 heavy (non-hydrogen) atoms. The molecule has 0 amide bonds. The number of rotatable bonds is 2. The van der Waals surface area contributed by atoms with Crippen LogP contribution in [0.3, 0.4) is 0 Å². The van der Waals surface area contributed by atoms with E-state index in [2.05, 4.69) is 4.29 Å². The van der Waals surface area contributed by atoms with E-state index in [9.17, 15) is 14.0 Å². The van der Waals surface area contributed by atoms with Crippen LogP contribution in [0.25, 0.3) is 0 Å². The molecule has 0 bridgehead atoms. The van der Waals surface area contributed by atoms with Gasteiger partial charge in [0.05, 0.1) is 0 Å². The monoisotopic (exact) mass is 210 g/mol. The highest BCUT2D eigenvalue weighted by Crippen LogP contribution is 2.27. The molecule has 0 aromatic heterocycles. The molecule has 1 atom stereocenters. The first-order valence-electron chi connectivity index (χ1n) is 3.13. The fourth-order valence-electron chi connectivity index (χ4n) is 0.677. The summed E-state index contributed by atoms with van der Waals surface area (Å²) < 4.78 is 34.5. The molecule has 6 heteroatoms. The fourth-order valence-corrected chi connectivity index (χ4v) is 2.05. The molecule has 68 valence electrons. The first kappa shape index (κ1) is 9.88. The van der Waals surface area contributed by atoms with E-state index in [1.807, 2.05) is 13.0 Å². The summed E-state index contributed by atoms with van der Waals surface area (Å²) >= 11 is 1.07. The van der Waals surface area contributed by atoms with Crippen molar-refractivity contribution in [1.82, 2.24) is 0 Å². The lowest BCUT2D eigenvalue weighted by molar-refractivity contribution is -1.92. The normalized spacial score (nSPS) is 23.7. The maximum Gasteiger partial charge on any atom is 0.322 e. The second kappa shape index (κ2) is 3.68. The van der Waals surface area contributed by atoms with E-state index < -0.39 is 10.2 Å². The lowest BCUT2D eigenvalue weighted by atomic mass is 10.2. The Bertz CT molecular complexity index is 220. The molecule has 0 spiro atoms. The highest BCUT2D eigenvalue weighted by atomic mass is 35.7. The van der Waals surface area contributed by atoms with Crippen LogP contribution in [0.1, 0.15) is 6.92 Å². The Labute approximate surface area is 76.3 Å². The molecule has 0 N–H and O–H groups in total. The minimum absolute atomic E-state index is 0.0956. The Hall–Kier alpha value is -0.200. The smallest absolute Gasteiger partial charge is 0.167 e. The van der Waals surface area contributed by atoms with E-state index in [0.29, 0.717) is 0 Å². The largest absolute Gasteiger partial charge is 0.322 e. The molecule has 0 fully saturated rings. The quantitative estimate of drug-likeness (QED) is 0.563. The van der Waals surface area contributed by atoms with Crippen molar-refractivity contribution in [2.75, 3.05) is 0 Å². The average molecular weight is 211 g/mol. The van der Waals surface area contributed by atoms with E-state index in [1.165, 1.54) is 0 Å². The summed E-state index contributed by atoms with van der Waals surface area (Å²) in [4.78, 5) is 0. The van der Waals surface area contributed by atoms with Gasteiger partial charge < -0.3 is 0 Å². The highest BCUT2D eigenvalue weighted by Gasteiger charge is 2.23. The predicted molar refractivity (Wildman–Crippen MR) is 35.1 cm³/mol. The van der Waals surface area contributed by atoms with Gasteiger partial charge in [0.2, 0.25) is 0 Å². The van der Waals surface area contributed by atoms with Crippen LogP contribution in [0.5, 0.6) is 0 Å². The second-order valence-corrected chi connectivity index (χ2v) is 4.07. The molecule has 0 radical (unpaired) electrons. The topological polar surface area (TPSA) is 78.4 Å².